The van der Waals surface area contributed by atoms with Crippen LogP contribution in [-0.2, 0) is 9.57 Å². The lowest BCUT2D eigenvalue weighted by molar-refractivity contribution is -0.182. The maximum atomic E-state index is 12.3. The second-order valence-corrected chi connectivity index (χ2v) is 7.92. The number of hydrogen-bond donors (Lipinski definition) is 2. The monoisotopic (exact) mass is 364 g/mol. The van der Waals surface area contributed by atoms with E-state index < -0.39 is 29.3 Å². The molecule has 144 valence electrons. The molecule has 1 unspecified atom stereocenters. The topological polar surface area (TPSA) is 88.1 Å². The van der Waals surface area contributed by atoms with Crippen LogP contribution in [0.2, 0.25) is 0 Å². The molecule has 0 radical (unpaired) electrons. The lowest BCUT2D eigenvalue weighted by Gasteiger charge is -2.45. The van der Waals surface area contributed by atoms with Gasteiger partial charge >= 0.3 is 12.1 Å². The minimum atomic E-state index is -1.16. The molecular weight excluding hydrogens is 336 g/mol. The lowest BCUT2D eigenvalue weighted by Crippen LogP contribution is -2.65. The van der Waals surface area contributed by atoms with Crippen LogP contribution in [0.4, 0.5) is 4.79 Å². The molecule has 1 aromatic carbocycles. The summed E-state index contributed by atoms with van der Waals surface area (Å²) < 4.78 is 5.27. The molecule has 1 amide bonds. The molecule has 0 aliphatic carbocycles. The van der Waals surface area contributed by atoms with Crippen molar-refractivity contribution in [1.29, 1.82) is 0 Å². The summed E-state index contributed by atoms with van der Waals surface area (Å²) in [5.41, 5.74) is -1.36. The Bertz CT molecular complexity index is 639. The first-order valence-corrected chi connectivity index (χ1v) is 8.73. The summed E-state index contributed by atoms with van der Waals surface area (Å²) in [4.78, 5) is 29.8. The number of hydroxylamine groups is 2. The van der Waals surface area contributed by atoms with Crippen molar-refractivity contribution >= 4 is 12.1 Å². The van der Waals surface area contributed by atoms with Crippen molar-refractivity contribution < 1.29 is 24.3 Å². The SMILES string of the molecule is C[C@H]1CN(OC(=O)c2ccccc2)CC(NC(=O)OC(C)(C)C)[C@@]1(C)O. The molecule has 0 saturated carbocycles. The number of ether oxygens (including phenoxy) is 1. The molecular formula is C19H28N2O5. The third kappa shape index (κ3) is 5.19. The highest BCUT2D eigenvalue weighted by Gasteiger charge is 2.45. The van der Waals surface area contributed by atoms with Gasteiger partial charge in [0.2, 0.25) is 0 Å². The maximum Gasteiger partial charge on any atom is 0.408 e. The first-order chi connectivity index (χ1) is 12.0. The van der Waals surface area contributed by atoms with Crippen LogP contribution in [0.15, 0.2) is 30.3 Å². The average molecular weight is 364 g/mol. The standard InChI is InChI=1S/C19H28N2O5/c1-13-11-21(26-16(22)14-9-7-6-8-10-14)12-15(19(13,5)24)20-17(23)25-18(2,3)4/h6-10,13,15,24H,11-12H2,1-5H3,(H,20,23)/t13-,15?,19-/m0/s1. The summed E-state index contributed by atoms with van der Waals surface area (Å²) in [5.74, 6) is -0.713. The van der Waals surface area contributed by atoms with E-state index in [1.54, 1.807) is 52.0 Å². The van der Waals surface area contributed by atoms with Crippen LogP contribution >= 0.6 is 0 Å². The van der Waals surface area contributed by atoms with E-state index in [2.05, 4.69) is 5.32 Å². The molecule has 1 aliphatic heterocycles. The third-order valence-electron chi connectivity index (χ3n) is 4.48. The first kappa shape index (κ1) is 20.2. The number of carbonyl (C=O) groups is 2. The number of nitrogens with zero attached hydrogens (tertiary/aromatic N) is 1. The number of carbonyl (C=O) groups excluding carboxylic acids is 2. The fourth-order valence-corrected chi connectivity index (χ4v) is 2.76. The van der Waals surface area contributed by atoms with Crippen LogP contribution in [0.25, 0.3) is 0 Å². The first-order valence-electron chi connectivity index (χ1n) is 8.73. The van der Waals surface area contributed by atoms with E-state index in [9.17, 15) is 14.7 Å². The van der Waals surface area contributed by atoms with Crippen molar-refractivity contribution in [3.63, 3.8) is 0 Å². The Labute approximate surface area is 154 Å². The number of piperidine rings is 1. The molecule has 1 aromatic rings. The number of nitrogens with one attached hydrogen (secondary N) is 1. The summed E-state index contributed by atoms with van der Waals surface area (Å²) in [5, 5.41) is 14.9. The average Bonchev–Trinajstić information content (AvgIpc) is 2.51. The molecule has 2 N–H and O–H groups in total. The van der Waals surface area contributed by atoms with Gasteiger partial charge in [-0.3, -0.25) is 0 Å². The van der Waals surface area contributed by atoms with Crippen LogP contribution < -0.4 is 5.32 Å². The molecule has 0 bridgehead atoms. The van der Waals surface area contributed by atoms with Crippen LogP contribution in [0.1, 0.15) is 45.0 Å². The summed E-state index contributed by atoms with van der Waals surface area (Å²) in [6, 6.07) is 8.02. The minimum Gasteiger partial charge on any atom is -0.444 e. The Morgan fingerprint density at radius 3 is 2.42 bits per heavy atom. The van der Waals surface area contributed by atoms with Gasteiger partial charge < -0.3 is 20.0 Å². The Hall–Kier alpha value is -2.12. The highest BCUT2D eigenvalue weighted by molar-refractivity contribution is 5.89. The second kappa shape index (κ2) is 7.63. The predicted molar refractivity (Wildman–Crippen MR) is 96.4 cm³/mol. The normalized spacial score (nSPS) is 26.8. The molecule has 7 nitrogen and oxygen atoms in total. The Morgan fingerprint density at radius 2 is 1.85 bits per heavy atom. The quantitative estimate of drug-likeness (QED) is 0.856. The summed E-state index contributed by atoms with van der Waals surface area (Å²) in [6.45, 7) is 9.32. The number of amides is 1. The summed E-state index contributed by atoms with van der Waals surface area (Å²) >= 11 is 0. The van der Waals surface area contributed by atoms with Gasteiger partial charge in [0.15, 0.2) is 0 Å². The number of hydrogen-bond acceptors (Lipinski definition) is 6. The molecule has 26 heavy (non-hydrogen) atoms. The second-order valence-electron chi connectivity index (χ2n) is 7.92. The van der Waals surface area contributed by atoms with Gasteiger partial charge in [-0.2, -0.15) is 0 Å². The lowest BCUT2D eigenvalue weighted by atomic mass is 9.80. The van der Waals surface area contributed by atoms with Gasteiger partial charge in [-0.1, -0.05) is 25.1 Å². The van der Waals surface area contributed by atoms with Gasteiger partial charge in [0.1, 0.15) is 5.60 Å². The third-order valence-corrected chi connectivity index (χ3v) is 4.48. The van der Waals surface area contributed by atoms with E-state index in [0.29, 0.717) is 12.1 Å². The molecule has 1 heterocycles. The predicted octanol–water partition coefficient (Wildman–Crippen LogP) is 2.35. The Balaban J connectivity index is 2.05. The van der Waals surface area contributed by atoms with Crippen LogP contribution in [0.5, 0.6) is 0 Å². The smallest absolute Gasteiger partial charge is 0.408 e. The number of aliphatic hydroxyl groups is 1. The number of alkyl carbamates (subject to hydrolysis) is 1. The highest BCUT2D eigenvalue weighted by Crippen LogP contribution is 2.28. The summed E-state index contributed by atoms with van der Waals surface area (Å²) in [6.07, 6.45) is -0.619. The van der Waals surface area contributed by atoms with Crippen molar-refractivity contribution in [1.82, 2.24) is 10.4 Å². The van der Waals surface area contributed by atoms with Crippen molar-refractivity contribution in [2.24, 2.45) is 5.92 Å². The molecule has 0 spiro atoms. The largest absolute Gasteiger partial charge is 0.444 e. The van der Waals surface area contributed by atoms with Crippen molar-refractivity contribution in [2.75, 3.05) is 13.1 Å². The fourth-order valence-electron chi connectivity index (χ4n) is 2.76. The minimum absolute atomic E-state index is 0.162. The van der Waals surface area contributed by atoms with E-state index >= 15 is 0 Å². The van der Waals surface area contributed by atoms with Crippen molar-refractivity contribution in [3.05, 3.63) is 35.9 Å². The van der Waals surface area contributed by atoms with E-state index in [1.807, 2.05) is 13.0 Å². The van der Waals surface area contributed by atoms with Gasteiger partial charge in [0.25, 0.3) is 0 Å². The molecule has 1 saturated heterocycles. The van der Waals surface area contributed by atoms with E-state index in [-0.39, 0.29) is 12.5 Å². The maximum absolute atomic E-state index is 12.3. The Kier molecular flexibility index (Phi) is 5.93. The van der Waals surface area contributed by atoms with Crippen LogP contribution in [0, 0.1) is 5.92 Å². The van der Waals surface area contributed by atoms with Crippen LogP contribution in [-0.4, -0.2) is 52.6 Å². The fraction of sp³-hybridized carbons (Fsp3) is 0.579. The van der Waals surface area contributed by atoms with Crippen LogP contribution in [0.3, 0.4) is 0 Å². The Morgan fingerprint density at radius 1 is 1.23 bits per heavy atom. The summed E-state index contributed by atoms with van der Waals surface area (Å²) in [7, 11) is 0. The van der Waals surface area contributed by atoms with Crippen molar-refractivity contribution in [2.45, 2.75) is 51.9 Å². The molecule has 3 atom stereocenters. The highest BCUT2D eigenvalue weighted by atomic mass is 16.7. The molecule has 7 heteroatoms. The zero-order chi connectivity index (χ0) is 19.5. The molecule has 0 aromatic heterocycles. The van der Waals surface area contributed by atoms with Gasteiger partial charge in [0, 0.05) is 12.5 Å². The zero-order valence-electron chi connectivity index (χ0n) is 16.0. The molecule has 2 rings (SSSR count). The van der Waals surface area contributed by atoms with Gasteiger partial charge in [-0.15, -0.1) is 5.06 Å². The van der Waals surface area contributed by atoms with Gasteiger partial charge in [-0.05, 0) is 39.8 Å². The molecule has 1 fully saturated rings. The van der Waals surface area contributed by atoms with E-state index in [4.69, 9.17) is 9.57 Å². The van der Waals surface area contributed by atoms with Crippen molar-refractivity contribution in [3.8, 4) is 0 Å². The number of rotatable bonds is 3. The van der Waals surface area contributed by atoms with E-state index in [1.165, 1.54) is 5.06 Å². The molecule has 1 aliphatic rings. The zero-order valence-corrected chi connectivity index (χ0v) is 16.0. The van der Waals surface area contributed by atoms with Gasteiger partial charge in [0.05, 0.1) is 23.8 Å². The van der Waals surface area contributed by atoms with E-state index in [0.717, 1.165) is 0 Å². The number of benzene rings is 1. The van der Waals surface area contributed by atoms with Gasteiger partial charge in [-0.25, -0.2) is 9.59 Å².